The van der Waals surface area contributed by atoms with E-state index in [0.29, 0.717) is 11.8 Å². The van der Waals surface area contributed by atoms with Gasteiger partial charge in [0.1, 0.15) is 0 Å². The second-order valence-electron chi connectivity index (χ2n) is 5.29. The third kappa shape index (κ3) is 5.23. The summed E-state index contributed by atoms with van der Waals surface area (Å²) < 4.78 is 10.5. The Bertz CT molecular complexity index is 422. The Morgan fingerprint density at radius 3 is 2.05 bits per heavy atom. The molecule has 1 rings (SSSR count). The van der Waals surface area contributed by atoms with E-state index in [2.05, 4.69) is 38.9 Å². The van der Waals surface area contributed by atoms with Gasteiger partial charge in [0.25, 0.3) is 0 Å². The van der Waals surface area contributed by atoms with Gasteiger partial charge in [0.2, 0.25) is 0 Å². The van der Waals surface area contributed by atoms with E-state index in [-0.39, 0.29) is 24.9 Å². The number of hydrogen-bond donors (Lipinski definition) is 0. The summed E-state index contributed by atoms with van der Waals surface area (Å²) in [6.45, 7) is 8.72. The standard InChI is InChI=1S/C16H24NO2.Li/c1-11(2)16(12(3)4)17-10-13-9-14(18-5)7-8-15(13)19-6;/h7-9,11-12,16H,1-6H3;/q-1;+1. The molecule has 1 aromatic carbocycles. The molecule has 0 atom stereocenters. The first-order valence-corrected chi connectivity index (χ1v) is 6.67. The molecule has 0 spiro atoms. The van der Waals surface area contributed by atoms with E-state index in [9.17, 15) is 0 Å². The van der Waals surface area contributed by atoms with Crippen LogP contribution in [0.3, 0.4) is 0 Å². The molecule has 0 fully saturated rings. The van der Waals surface area contributed by atoms with E-state index in [1.807, 2.05) is 18.2 Å². The predicted octanol–water partition coefficient (Wildman–Crippen LogP) is 0.684. The van der Waals surface area contributed by atoms with E-state index in [1.165, 1.54) is 0 Å². The SMILES string of the molecule is COc1ccc(OC)c([C-]=NC(C(C)C)C(C)C)c1.[Li+]. The number of rotatable bonds is 6. The van der Waals surface area contributed by atoms with Crippen LogP contribution in [0.2, 0.25) is 0 Å². The van der Waals surface area contributed by atoms with Gasteiger partial charge in [0.15, 0.2) is 0 Å². The van der Waals surface area contributed by atoms with Gasteiger partial charge >= 0.3 is 18.9 Å². The molecule has 0 aliphatic carbocycles. The summed E-state index contributed by atoms with van der Waals surface area (Å²) in [4.78, 5) is 4.59. The molecule has 0 aromatic heterocycles. The second kappa shape index (κ2) is 9.10. The Morgan fingerprint density at radius 2 is 1.60 bits per heavy atom. The minimum Gasteiger partial charge on any atom is -0.554 e. The van der Waals surface area contributed by atoms with Crippen molar-refractivity contribution in [2.45, 2.75) is 33.7 Å². The first kappa shape index (κ1) is 19.1. The molecule has 0 N–H and O–H groups in total. The molecule has 0 amide bonds. The fourth-order valence-corrected chi connectivity index (χ4v) is 2.11. The first-order valence-electron chi connectivity index (χ1n) is 6.67. The average Bonchev–Trinajstić information content (AvgIpc) is 2.37. The van der Waals surface area contributed by atoms with Crippen LogP contribution in [0.5, 0.6) is 11.5 Å². The molecule has 0 saturated carbocycles. The molecule has 0 radical (unpaired) electrons. The van der Waals surface area contributed by atoms with Crippen molar-refractivity contribution < 1.29 is 28.3 Å². The topological polar surface area (TPSA) is 30.8 Å². The molecule has 0 bridgehead atoms. The van der Waals surface area contributed by atoms with Gasteiger partial charge in [-0.2, -0.15) is 0 Å². The van der Waals surface area contributed by atoms with Crippen LogP contribution in [-0.2, 0) is 0 Å². The second-order valence-corrected chi connectivity index (χ2v) is 5.29. The summed E-state index contributed by atoms with van der Waals surface area (Å²) in [5.74, 6) is 2.52. The van der Waals surface area contributed by atoms with Crippen molar-refractivity contribution in [2.24, 2.45) is 16.8 Å². The Labute approximate surface area is 135 Å². The molecular weight excluding hydrogens is 245 g/mol. The van der Waals surface area contributed by atoms with Gasteiger partial charge in [-0.1, -0.05) is 40.0 Å². The van der Waals surface area contributed by atoms with Crippen LogP contribution in [0.1, 0.15) is 33.3 Å². The Balaban J connectivity index is 0.00000361. The Morgan fingerprint density at radius 1 is 1.00 bits per heavy atom. The summed E-state index contributed by atoms with van der Waals surface area (Å²) in [5.41, 5.74) is 0.827. The maximum absolute atomic E-state index is 5.32. The Hall–Kier alpha value is -0.913. The van der Waals surface area contributed by atoms with Crippen molar-refractivity contribution in [1.82, 2.24) is 0 Å². The normalized spacial score (nSPS) is 11.2. The molecule has 0 heterocycles. The number of ether oxygens (including phenoxy) is 2. The van der Waals surface area contributed by atoms with Crippen LogP contribution in [-0.4, -0.2) is 26.5 Å². The van der Waals surface area contributed by atoms with Crippen LogP contribution in [0, 0.1) is 11.8 Å². The number of aliphatic imine (C=N–C) groups is 1. The van der Waals surface area contributed by atoms with Crippen molar-refractivity contribution in [1.29, 1.82) is 0 Å². The maximum atomic E-state index is 5.32. The van der Waals surface area contributed by atoms with Crippen molar-refractivity contribution >= 4 is 6.21 Å². The van der Waals surface area contributed by atoms with E-state index in [4.69, 9.17) is 9.47 Å². The summed E-state index contributed by atoms with van der Waals surface area (Å²) in [6, 6.07) is 5.89. The largest absolute Gasteiger partial charge is 1.00 e. The molecule has 1 aromatic rings. The summed E-state index contributed by atoms with van der Waals surface area (Å²) in [6.07, 6.45) is 3.12. The smallest absolute Gasteiger partial charge is 0.554 e. The molecule has 0 aliphatic heterocycles. The summed E-state index contributed by atoms with van der Waals surface area (Å²) in [5, 5.41) is 0. The van der Waals surface area contributed by atoms with Gasteiger partial charge in [0, 0.05) is 11.8 Å². The Kier molecular flexibility index (Phi) is 8.69. The van der Waals surface area contributed by atoms with Gasteiger partial charge in [-0.15, -0.1) is 11.6 Å². The van der Waals surface area contributed by atoms with Gasteiger partial charge in [-0.25, -0.2) is 0 Å². The van der Waals surface area contributed by atoms with Gasteiger partial charge in [-0.3, -0.25) is 0 Å². The minimum absolute atomic E-state index is 0. The van der Waals surface area contributed by atoms with E-state index in [1.54, 1.807) is 14.2 Å². The third-order valence-corrected chi connectivity index (χ3v) is 3.11. The summed E-state index contributed by atoms with van der Waals surface area (Å²) >= 11 is 0. The molecule has 3 nitrogen and oxygen atoms in total. The third-order valence-electron chi connectivity index (χ3n) is 3.11. The molecule has 0 saturated heterocycles. The maximum Gasteiger partial charge on any atom is 1.00 e. The summed E-state index contributed by atoms with van der Waals surface area (Å²) in [7, 11) is 3.29. The molecular formula is C16H24LiNO2. The molecule has 0 aliphatic rings. The van der Waals surface area contributed by atoms with Gasteiger partial charge in [0.05, 0.1) is 20.0 Å². The number of hydrogen-bond acceptors (Lipinski definition) is 3. The van der Waals surface area contributed by atoms with Crippen molar-refractivity contribution in [3.63, 3.8) is 0 Å². The van der Waals surface area contributed by atoms with Crippen molar-refractivity contribution in [3.05, 3.63) is 23.8 Å². The van der Waals surface area contributed by atoms with Crippen LogP contribution < -0.4 is 28.3 Å². The van der Waals surface area contributed by atoms with Crippen molar-refractivity contribution in [2.75, 3.05) is 14.2 Å². The number of methoxy groups -OCH3 is 2. The predicted molar refractivity (Wildman–Crippen MR) is 79.5 cm³/mol. The zero-order valence-corrected chi connectivity index (χ0v) is 13.7. The van der Waals surface area contributed by atoms with Crippen LogP contribution in [0.4, 0.5) is 0 Å². The first-order chi connectivity index (χ1) is 8.99. The van der Waals surface area contributed by atoms with Crippen LogP contribution in [0.15, 0.2) is 23.2 Å². The number of benzene rings is 1. The zero-order valence-electron chi connectivity index (χ0n) is 13.7. The molecule has 106 valence electrons. The fourth-order valence-electron chi connectivity index (χ4n) is 2.11. The van der Waals surface area contributed by atoms with E-state index in [0.717, 1.165) is 17.1 Å². The average molecular weight is 269 g/mol. The molecule has 0 unspecified atom stereocenters. The van der Waals surface area contributed by atoms with Gasteiger partial charge in [-0.05, 0) is 17.9 Å². The van der Waals surface area contributed by atoms with Crippen molar-refractivity contribution in [3.8, 4) is 11.5 Å². The van der Waals surface area contributed by atoms with Crippen LogP contribution in [0.25, 0.3) is 0 Å². The monoisotopic (exact) mass is 269 g/mol. The zero-order chi connectivity index (χ0) is 14.4. The fraction of sp³-hybridized carbons (Fsp3) is 0.562. The quantitative estimate of drug-likeness (QED) is 0.432. The number of nitrogens with zero attached hydrogens (tertiary/aromatic N) is 1. The van der Waals surface area contributed by atoms with Crippen LogP contribution >= 0.6 is 0 Å². The van der Waals surface area contributed by atoms with E-state index < -0.39 is 0 Å². The molecule has 4 heteroatoms. The molecule has 20 heavy (non-hydrogen) atoms. The van der Waals surface area contributed by atoms with E-state index >= 15 is 0 Å². The minimum atomic E-state index is 0. The van der Waals surface area contributed by atoms with Gasteiger partial charge < -0.3 is 14.5 Å².